The summed E-state index contributed by atoms with van der Waals surface area (Å²) < 4.78 is 23.2. The molecule has 0 aliphatic carbocycles. The first-order chi connectivity index (χ1) is 10.5. The zero-order valence-corrected chi connectivity index (χ0v) is 14.0. The van der Waals surface area contributed by atoms with Crippen LogP contribution in [0.15, 0.2) is 47.2 Å². The Bertz CT molecular complexity index is 694. The fourth-order valence-electron chi connectivity index (χ4n) is 2.20. The van der Waals surface area contributed by atoms with Gasteiger partial charge in [-0.15, -0.1) is 0 Å². The van der Waals surface area contributed by atoms with Gasteiger partial charge in [0.25, 0.3) is 0 Å². The van der Waals surface area contributed by atoms with Crippen molar-refractivity contribution < 1.29 is 13.2 Å². The summed E-state index contributed by atoms with van der Waals surface area (Å²) in [6.45, 7) is 0.503. The van der Waals surface area contributed by atoms with E-state index in [4.69, 9.17) is 0 Å². The molecule has 6 heteroatoms. The van der Waals surface area contributed by atoms with Gasteiger partial charge in [0.15, 0.2) is 0 Å². The molecule has 0 spiro atoms. The van der Waals surface area contributed by atoms with Gasteiger partial charge >= 0.3 is 0 Å². The quantitative estimate of drug-likeness (QED) is 0.843. The molecular formula is C16H19NO3S2. The minimum atomic E-state index is -3.24. The van der Waals surface area contributed by atoms with Crippen LogP contribution in [0.5, 0.6) is 0 Å². The van der Waals surface area contributed by atoms with E-state index >= 15 is 0 Å². The summed E-state index contributed by atoms with van der Waals surface area (Å²) in [6, 6.07) is 11.0. The molecule has 0 fully saturated rings. The Morgan fingerprint density at radius 1 is 1.23 bits per heavy atom. The molecule has 118 valence electrons. The van der Waals surface area contributed by atoms with E-state index in [9.17, 15) is 13.2 Å². The molecule has 2 aromatic rings. The maximum atomic E-state index is 12.4. The molecule has 0 saturated carbocycles. The lowest BCUT2D eigenvalue weighted by atomic mass is 10.0. The van der Waals surface area contributed by atoms with Gasteiger partial charge in [-0.1, -0.05) is 30.3 Å². The number of carbonyl (C=O) groups is 1. The molecule has 1 aromatic heterocycles. The summed E-state index contributed by atoms with van der Waals surface area (Å²) in [5.41, 5.74) is 1.89. The van der Waals surface area contributed by atoms with E-state index in [1.54, 1.807) is 23.5 Å². The Kier molecular flexibility index (Phi) is 5.74. The van der Waals surface area contributed by atoms with Crippen LogP contribution < -0.4 is 5.32 Å². The third-order valence-electron chi connectivity index (χ3n) is 3.28. The molecule has 22 heavy (non-hydrogen) atoms. The molecule has 4 nitrogen and oxygen atoms in total. The minimum absolute atomic E-state index is 0.179. The van der Waals surface area contributed by atoms with Crippen molar-refractivity contribution in [3.05, 3.63) is 58.3 Å². The van der Waals surface area contributed by atoms with Gasteiger partial charge in [-0.05, 0) is 34.4 Å². The fourth-order valence-corrected chi connectivity index (χ4v) is 3.85. The topological polar surface area (TPSA) is 63.2 Å². The highest BCUT2D eigenvalue weighted by atomic mass is 32.2. The highest BCUT2D eigenvalue weighted by molar-refractivity contribution is 7.90. The Balaban J connectivity index is 2.02. The highest BCUT2D eigenvalue weighted by Crippen LogP contribution is 2.18. The Morgan fingerprint density at radius 2 is 1.95 bits per heavy atom. The van der Waals surface area contributed by atoms with E-state index < -0.39 is 15.8 Å². The van der Waals surface area contributed by atoms with Crippen molar-refractivity contribution in [2.24, 2.45) is 0 Å². The first-order valence-corrected chi connectivity index (χ1v) is 9.97. The zero-order valence-electron chi connectivity index (χ0n) is 12.4. The van der Waals surface area contributed by atoms with E-state index in [1.165, 1.54) is 5.56 Å². The predicted molar refractivity (Wildman–Crippen MR) is 89.9 cm³/mol. The molecule has 1 amide bonds. The number of carbonyl (C=O) groups excluding carboxylic acids is 1. The van der Waals surface area contributed by atoms with Gasteiger partial charge in [-0.25, -0.2) is 8.42 Å². The molecule has 0 bridgehead atoms. The largest absolute Gasteiger partial charge is 0.355 e. The second kappa shape index (κ2) is 7.56. The number of nitrogens with one attached hydrogen (secondary N) is 1. The standard InChI is InChI=1S/C16H19NO3S2/c1-22(19,20)12-15(14-5-3-2-4-6-14)16(18)17-9-7-13-8-10-21-11-13/h2-6,8,10-11,15H,7,9,12H2,1H3,(H,17,18)/t15-/m1/s1. The van der Waals surface area contributed by atoms with Crippen molar-refractivity contribution in [2.45, 2.75) is 12.3 Å². The predicted octanol–water partition coefficient (Wildman–Crippen LogP) is 2.24. The fraction of sp³-hybridized carbons (Fsp3) is 0.312. The molecular weight excluding hydrogens is 318 g/mol. The van der Waals surface area contributed by atoms with E-state index in [1.807, 2.05) is 35.0 Å². The molecule has 1 N–H and O–H groups in total. The zero-order chi connectivity index (χ0) is 16.0. The highest BCUT2D eigenvalue weighted by Gasteiger charge is 2.24. The number of hydrogen-bond acceptors (Lipinski definition) is 4. The second-order valence-electron chi connectivity index (χ2n) is 5.23. The van der Waals surface area contributed by atoms with Crippen LogP contribution in [0.3, 0.4) is 0 Å². The van der Waals surface area contributed by atoms with Crippen LogP contribution in [-0.2, 0) is 21.1 Å². The van der Waals surface area contributed by atoms with Gasteiger partial charge in [-0.3, -0.25) is 4.79 Å². The number of sulfone groups is 1. The lowest BCUT2D eigenvalue weighted by molar-refractivity contribution is -0.122. The average molecular weight is 337 g/mol. The first-order valence-electron chi connectivity index (χ1n) is 6.97. The average Bonchev–Trinajstić information content (AvgIpc) is 2.98. The minimum Gasteiger partial charge on any atom is -0.355 e. The van der Waals surface area contributed by atoms with Gasteiger partial charge in [0.2, 0.25) is 5.91 Å². The van der Waals surface area contributed by atoms with Gasteiger partial charge in [0.1, 0.15) is 9.84 Å². The Hall–Kier alpha value is -1.66. The first kappa shape index (κ1) is 16.7. The summed E-state index contributed by atoms with van der Waals surface area (Å²) in [5, 5.41) is 6.88. The van der Waals surface area contributed by atoms with Gasteiger partial charge in [0.05, 0.1) is 11.7 Å². The molecule has 0 radical (unpaired) electrons. The number of benzene rings is 1. The third-order valence-corrected chi connectivity index (χ3v) is 4.95. The maximum Gasteiger partial charge on any atom is 0.228 e. The number of amides is 1. The van der Waals surface area contributed by atoms with Crippen molar-refractivity contribution >= 4 is 27.1 Å². The molecule has 0 aliphatic rings. The third kappa shape index (κ3) is 5.27. The smallest absolute Gasteiger partial charge is 0.228 e. The summed E-state index contributed by atoms with van der Waals surface area (Å²) in [7, 11) is -3.24. The van der Waals surface area contributed by atoms with Gasteiger partial charge < -0.3 is 5.32 Å². The van der Waals surface area contributed by atoms with Crippen LogP contribution in [-0.4, -0.2) is 32.9 Å². The maximum absolute atomic E-state index is 12.4. The monoisotopic (exact) mass is 337 g/mol. The lowest BCUT2D eigenvalue weighted by Gasteiger charge is -2.16. The number of hydrogen-bond donors (Lipinski definition) is 1. The summed E-state index contributed by atoms with van der Waals surface area (Å²) in [6.07, 6.45) is 1.90. The molecule has 0 aliphatic heterocycles. The van der Waals surface area contributed by atoms with Crippen LogP contribution >= 0.6 is 11.3 Å². The molecule has 0 unspecified atom stereocenters. The molecule has 1 heterocycles. The second-order valence-corrected chi connectivity index (χ2v) is 8.19. The normalized spacial score (nSPS) is 12.8. The van der Waals surface area contributed by atoms with Crippen LogP contribution in [0.1, 0.15) is 17.0 Å². The molecule has 2 rings (SSSR count). The SMILES string of the molecule is CS(=O)(=O)C[C@@H](C(=O)NCCc1ccsc1)c1ccccc1. The van der Waals surface area contributed by atoms with E-state index in [0.29, 0.717) is 6.54 Å². The summed E-state index contributed by atoms with van der Waals surface area (Å²) in [4.78, 5) is 12.4. The van der Waals surface area contributed by atoms with E-state index in [2.05, 4.69) is 5.32 Å². The van der Waals surface area contributed by atoms with Crippen molar-refractivity contribution in [2.75, 3.05) is 18.6 Å². The van der Waals surface area contributed by atoms with E-state index in [0.717, 1.165) is 18.2 Å². The molecule has 0 saturated heterocycles. The molecule has 1 aromatic carbocycles. The van der Waals surface area contributed by atoms with E-state index in [-0.39, 0.29) is 11.7 Å². The van der Waals surface area contributed by atoms with Crippen LogP contribution in [0.4, 0.5) is 0 Å². The van der Waals surface area contributed by atoms with Gasteiger partial charge in [0, 0.05) is 12.8 Å². The van der Waals surface area contributed by atoms with Crippen molar-refractivity contribution in [3.63, 3.8) is 0 Å². The Labute approximate surface area is 135 Å². The lowest BCUT2D eigenvalue weighted by Crippen LogP contribution is -2.34. The summed E-state index contributed by atoms with van der Waals surface area (Å²) in [5.74, 6) is -1.09. The van der Waals surface area contributed by atoms with Crippen LogP contribution in [0, 0.1) is 0 Å². The summed E-state index contributed by atoms with van der Waals surface area (Å²) >= 11 is 1.62. The van der Waals surface area contributed by atoms with Crippen LogP contribution in [0.25, 0.3) is 0 Å². The number of rotatable bonds is 7. The van der Waals surface area contributed by atoms with Crippen LogP contribution in [0.2, 0.25) is 0 Å². The molecule has 1 atom stereocenters. The van der Waals surface area contributed by atoms with Crippen molar-refractivity contribution in [1.29, 1.82) is 0 Å². The van der Waals surface area contributed by atoms with Crippen molar-refractivity contribution in [3.8, 4) is 0 Å². The van der Waals surface area contributed by atoms with Gasteiger partial charge in [-0.2, -0.15) is 11.3 Å². The Morgan fingerprint density at radius 3 is 2.55 bits per heavy atom. The van der Waals surface area contributed by atoms with Crippen molar-refractivity contribution in [1.82, 2.24) is 5.32 Å². The number of thiophene rings is 1.